The highest BCUT2D eigenvalue weighted by Crippen LogP contribution is 2.14. The molecule has 10 nitrogen and oxygen atoms in total. The first-order chi connectivity index (χ1) is 15.2. The van der Waals surface area contributed by atoms with Crippen LogP contribution in [-0.2, 0) is 16.4 Å². The van der Waals surface area contributed by atoms with E-state index < -0.39 is 38.8 Å². The number of para-hydroxylation sites is 1. The molecule has 1 atom stereocenters. The first-order valence-corrected chi connectivity index (χ1v) is 10.7. The molecule has 2 aromatic heterocycles. The third kappa shape index (κ3) is 6.07. The number of rotatable bonds is 6. The van der Waals surface area contributed by atoms with Gasteiger partial charge in [-0.05, 0) is 31.2 Å². The van der Waals surface area contributed by atoms with Gasteiger partial charge in [0.15, 0.2) is 11.6 Å². The zero-order valence-electron chi connectivity index (χ0n) is 16.6. The summed E-state index contributed by atoms with van der Waals surface area (Å²) in [6.45, 7) is 1.35. The Morgan fingerprint density at radius 2 is 1.84 bits per heavy atom. The van der Waals surface area contributed by atoms with Crippen LogP contribution in [0.25, 0.3) is 0 Å². The SMILES string of the molecule is C[C@@H](Cc1ncc(F)cn1)S(=O)(=O)N=C(NNC(=O)c1ccco1)Nc1ccccc1F. The molecule has 0 radical (unpaired) electrons. The standard InChI is InChI=1S/C19H18F2N6O4S/c1-12(9-17-22-10-13(20)11-23-17)32(29,30)27-19(24-15-6-3-2-5-14(15)21)26-25-18(28)16-7-4-8-31-16/h2-8,10-12H,9H2,1H3,(H,25,28)(H2,24,26,27)/t12-/m0/s1. The Kier molecular flexibility index (Phi) is 7.10. The molecule has 0 unspecified atom stereocenters. The number of anilines is 1. The summed E-state index contributed by atoms with van der Waals surface area (Å²) in [4.78, 5) is 19.5. The molecule has 3 N–H and O–H groups in total. The van der Waals surface area contributed by atoms with Crippen molar-refractivity contribution in [1.82, 2.24) is 20.8 Å². The van der Waals surface area contributed by atoms with E-state index in [-0.39, 0.29) is 23.7 Å². The van der Waals surface area contributed by atoms with Crippen molar-refractivity contribution < 1.29 is 26.4 Å². The highest BCUT2D eigenvalue weighted by atomic mass is 32.2. The second-order valence-electron chi connectivity index (χ2n) is 6.45. The van der Waals surface area contributed by atoms with E-state index in [9.17, 15) is 22.0 Å². The Labute approximate surface area is 181 Å². The number of guanidine groups is 1. The van der Waals surface area contributed by atoms with Crippen molar-refractivity contribution in [1.29, 1.82) is 0 Å². The molecule has 0 saturated heterocycles. The lowest BCUT2D eigenvalue weighted by Crippen LogP contribution is -2.45. The predicted molar refractivity (Wildman–Crippen MR) is 111 cm³/mol. The van der Waals surface area contributed by atoms with Crippen LogP contribution in [0.4, 0.5) is 14.5 Å². The van der Waals surface area contributed by atoms with Gasteiger partial charge in [0.25, 0.3) is 10.0 Å². The lowest BCUT2D eigenvalue weighted by Gasteiger charge is -2.15. The number of furan rings is 1. The van der Waals surface area contributed by atoms with Crippen molar-refractivity contribution in [3.63, 3.8) is 0 Å². The van der Waals surface area contributed by atoms with Gasteiger partial charge in [0.2, 0.25) is 5.96 Å². The van der Waals surface area contributed by atoms with E-state index in [1.54, 1.807) is 0 Å². The number of hydrogen-bond acceptors (Lipinski definition) is 6. The van der Waals surface area contributed by atoms with Crippen LogP contribution in [0.2, 0.25) is 0 Å². The van der Waals surface area contributed by atoms with Crippen LogP contribution in [0, 0.1) is 11.6 Å². The molecule has 0 aliphatic carbocycles. The lowest BCUT2D eigenvalue weighted by atomic mass is 10.3. The van der Waals surface area contributed by atoms with Crippen molar-refractivity contribution in [2.45, 2.75) is 18.6 Å². The van der Waals surface area contributed by atoms with Crippen LogP contribution in [0.15, 0.2) is 63.9 Å². The molecule has 0 aliphatic rings. The maximum atomic E-state index is 14.0. The van der Waals surface area contributed by atoms with E-state index in [0.29, 0.717) is 0 Å². The summed E-state index contributed by atoms with van der Waals surface area (Å²) < 4.78 is 61.1. The monoisotopic (exact) mass is 464 g/mol. The highest BCUT2D eigenvalue weighted by Gasteiger charge is 2.23. The number of carbonyl (C=O) groups is 1. The van der Waals surface area contributed by atoms with E-state index in [4.69, 9.17) is 4.42 Å². The highest BCUT2D eigenvalue weighted by molar-refractivity contribution is 7.90. The zero-order valence-corrected chi connectivity index (χ0v) is 17.4. The fraction of sp³-hybridized carbons (Fsp3) is 0.158. The van der Waals surface area contributed by atoms with Gasteiger partial charge in [-0.3, -0.25) is 15.6 Å². The minimum atomic E-state index is -4.21. The van der Waals surface area contributed by atoms with Crippen LogP contribution in [0.3, 0.4) is 0 Å². The second kappa shape index (κ2) is 9.96. The van der Waals surface area contributed by atoms with Gasteiger partial charge in [-0.15, -0.1) is 4.40 Å². The largest absolute Gasteiger partial charge is 0.459 e. The molecule has 1 aromatic carbocycles. The van der Waals surface area contributed by atoms with E-state index in [1.165, 1.54) is 43.5 Å². The lowest BCUT2D eigenvalue weighted by molar-refractivity contribution is 0.0916. The van der Waals surface area contributed by atoms with E-state index in [0.717, 1.165) is 18.5 Å². The average molecular weight is 464 g/mol. The van der Waals surface area contributed by atoms with Crippen LogP contribution >= 0.6 is 0 Å². The number of nitrogens with one attached hydrogen (secondary N) is 3. The third-order valence-electron chi connectivity index (χ3n) is 4.04. The molecule has 0 bridgehead atoms. The number of nitrogens with zero attached hydrogens (tertiary/aromatic N) is 3. The minimum absolute atomic E-state index is 0.0487. The average Bonchev–Trinajstić information content (AvgIpc) is 3.30. The number of halogens is 2. The number of carbonyl (C=O) groups excluding carboxylic acids is 1. The minimum Gasteiger partial charge on any atom is -0.459 e. The molecule has 32 heavy (non-hydrogen) atoms. The summed E-state index contributed by atoms with van der Waals surface area (Å²) in [5.74, 6) is -2.47. The Hall–Kier alpha value is -3.87. The van der Waals surface area contributed by atoms with Gasteiger partial charge < -0.3 is 9.73 Å². The second-order valence-corrected chi connectivity index (χ2v) is 8.47. The number of benzene rings is 1. The van der Waals surface area contributed by atoms with Gasteiger partial charge in [-0.25, -0.2) is 27.2 Å². The molecule has 3 rings (SSSR count). The number of amides is 1. The first-order valence-electron chi connectivity index (χ1n) is 9.16. The third-order valence-corrected chi connectivity index (χ3v) is 5.66. The number of hydrazine groups is 1. The van der Waals surface area contributed by atoms with Crippen LogP contribution < -0.4 is 16.2 Å². The van der Waals surface area contributed by atoms with Crippen LogP contribution in [-0.4, -0.2) is 35.5 Å². The van der Waals surface area contributed by atoms with Crippen LogP contribution in [0.5, 0.6) is 0 Å². The van der Waals surface area contributed by atoms with E-state index in [1.807, 2.05) is 0 Å². The van der Waals surface area contributed by atoms with Gasteiger partial charge >= 0.3 is 5.91 Å². The molecular weight excluding hydrogens is 446 g/mol. The number of sulfonamides is 1. The smallest absolute Gasteiger partial charge is 0.305 e. The predicted octanol–water partition coefficient (Wildman–Crippen LogP) is 2.01. The summed E-state index contributed by atoms with van der Waals surface area (Å²) in [5.41, 5.74) is 4.44. The molecule has 0 fully saturated rings. The van der Waals surface area contributed by atoms with Crippen molar-refractivity contribution in [3.8, 4) is 0 Å². The van der Waals surface area contributed by atoms with Gasteiger partial charge in [0.05, 0.1) is 29.6 Å². The molecule has 13 heteroatoms. The Morgan fingerprint density at radius 3 is 2.50 bits per heavy atom. The van der Waals surface area contributed by atoms with Crippen molar-refractivity contribution >= 4 is 27.6 Å². The Balaban J connectivity index is 1.81. The summed E-state index contributed by atoms with van der Waals surface area (Å²) in [6.07, 6.45) is 2.96. The van der Waals surface area contributed by atoms with Gasteiger partial charge in [0.1, 0.15) is 11.6 Å². The topological polar surface area (TPSA) is 139 Å². The zero-order chi connectivity index (χ0) is 23.1. The Morgan fingerprint density at radius 1 is 1.12 bits per heavy atom. The van der Waals surface area contributed by atoms with Crippen molar-refractivity contribution in [2.24, 2.45) is 4.40 Å². The van der Waals surface area contributed by atoms with Crippen molar-refractivity contribution in [3.05, 3.63) is 78.3 Å². The van der Waals surface area contributed by atoms with Gasteiger partial charge in [0, 0.05) is 6.42 Å². The fourth-order valence-corrected chi connectivity index (χ4v) is 3.26. The Bertz CT molecular complexity index is 1200. The van der Waals surface area contributed by atoms with Gasteiger partial charge in [-0.2, -0.15) is 0 Å². The fourth-order valence-electron chi connectivity index (χ4n) is 2.38. The van der Waals surface area contributed by atoms with Crippen molar-refractivity contribution in [2.75, 3.05) is 5.32 Å². The van der Waals surface area contributed by atoms with Gasteiger partial charge in [-0.1, -0.05) is 12.1 Å². The summed E-state index contributed by atoms with van der Waals surface area (Å²) >= 11 is 0. The number of aromatic nitrogens is 2. The first kappa shape index (κ1) is 22.8. The number of hydrogen-bond donors (Lipinski definition) is 3. The van der Waals surface area contributed by atoms with Crippen LogP contribution in [0.1, 0.15) is 23.3 Å². The summed E-state index contributed by atoms with van der Waals surface area (Å²) in [6, 6.07) is 8.36. The summed E-state index contributed by atoms with van der Waals surface area (Å²) in [7, 11) is -4.21. The summed E-state index contributed by atoms with van der Waals surface area (Å²) in [5, 5.41) is 1.37. The molecule has 2 heterocycles. The van der Waals surface area contributed by atoms with E-state index >= 15 is 0 Å². The molecular formula is C19H18F2N6O4S. The molecule has 3 aromatic rings. The van der Waals surface area contributed by atoms with E-state index in [2.05, 4.69) is 30.5 Å². The molecule has 168 valence electrons. The maximum Gasteiger partial charge on any atom is 0.305 e. The molecule has 1 amide bonds. The maximum absolute atomic E-state index is 14.0. The normalized spacial score (nSPS) is 12.8. The quantitative estimate of drug-likeness (QED) is 0.286. The molecule has 0 aliphatic heterocycles. The molecule has 0 spiro atoms. The molecule has 0 saturated carbocycles.